The van der Waals surface area contributed by atoms with Crippen LogP contribution < -0.4 is 4.74 Å². The van der Waals surface area contributed by atoms with Crippen LogP contribution in [0.2, 0.25) is 0 Å². The quantitative estimate of drug-likeness (QED) is 0.740. The Labute approximate surface area is 121 Å². The molecule has 0 spiro atoms. The van der Waals surface area contributed by atoms with E-state index in [1.807, 2.05) is 30.3 Å². The molecule has 2 aromatic carbocycles. The molecule has 2 nitrogen and oxygen atoms in total. The minimum absolute atomic E-state index is 0.573. The molecule has 0 aliphatic carbocycles. The lowest BCUT2D eigenvalue weighted by molar-refractivity contribution is 0.0970. The number of hydrogen-bond donors (Lipinski definition) is 0. The first kappa shape index (κ1) is 14.6. The predicted molar refractivity (Wildman–Crippen MR) is 81.7 cm³/mol. The standard InChI is InChI=1S/C18H22O2/c1-15(2)12-19-13-17-8-10-18(11-9-17)20-14-16-6-4-3-5-7-16/h3-11,15H,12-14H2,1-2H3. The van der Waals surface area contributed by atoms with Gasteiger partial charge in [-0.1, -0.05) is 56.3 Å². The fraction of sp³-hybridized carbons (Fsp3) is 0.333. The molecule has 2 rings (SSSR count). The molecule has 0 aliphatic rings. The van der Waals surface area contributed by atoms with Crippen LogP contribution in [-0.4, -0.2) is 6.61 Å². The second-order valence-electron chi connectivity index (χ2n) is 5.33. The van der Waals surface area contributed by atoms with Crippen LogP contribution >= 0.6 is 0 Å². The minimum atomic E-state index is 0.573. The monoisotopic (exact) mass is 270 g/mol. The highest BCUT2D eigenvalue weighted by atomic mass is 16.5. The number of benzene rings is 2. The van der Waals surface area contributed by atoms with Gasteiger partial charge in [-0.05, 0) is 29.2 Å². The van der Waals surface area contributed by atoms with Gasteiger partial charge in [0.15, 0.2) is 0 Å². The van der Waals surface area contributed by atoms with Crippen LogP contribution in [0.15, 0.2) is 54.6 Å². The van der Waals surface area contributed by atoms with Gasteiger partial charge in [-0.2, -0.15) is 0 Å². The second kappa shape index (κ2) is 7.71. The van der Waals surface area contributed by atoms with Crippen molar-refractivity contribution in [2.45, 2.75) is 27.1 Å². The van der Waals surface area contributed by atoms with E-state index in [9.17, 15) is 0 Å². The Hall–Kier alpha value is -1.80. The first-order valence-corrected chi connectivity index (χ1v) is 7.07. The molecule has 0 saturated carbocycles. The maximum absolute atomic E-state index is 5.75. The third-order valence-corrected chi connectivity index (χ3v) is 2.89. The van der Waals surface area contributed by atoms with Gasteiger partial charge in [-0.3, -0.25) is 0 Å². The smallest absolute Gasteiger partial charge is 0.119 e. The van der Waals surface area contributed by atoms with Gasteiger partial charge in [0.1, 0.15) is 12.4 Å². The highest BCUT2D eigenvalue weighted by molar-refractivity contribution is 5.27. The van der Waals surface area contributed by atoms with E-state index < -0.39 is 0 Å². The van der Waals surface area contributed by atoms with Crippen LogP contribution in [0.1, 0.15) is 25.0 Å². The summed E-state index contributed by atoms with van der Waals surface area (Å²) < 4.78 is 11.4. The Morgan fingerprint density at radius 2 is 1.45 bits per heavy atom. The van der Waals surface area contributed by atoms with E-state index >= 15 is 0 Å². The molecule has 2 heteroatoms. The van der Waals surface area contributed by atoms with Crippen LogP contribution in [0, 0.1) is 5.92 Å². The zero-order valence-electron chi connectivity index (χ0n) is 12.2. The fourth-order valence-corrected chi connectivity index (χ4v) is 1.84. The van der Waals surface area contributed by atoms with E-state index in [1.165, 1.54) is 11.1 Å². The van der Waals surface area contributed by atoms with Crippen molar-refractivity contribution in [2.75, 3.05) is 6.61 Å². The average molecular weight is 270 g/mol. The van der Waals surface area contributed by atoms with Crippen LogP contribution in [0.4, 0.5) is 0 Å². The Morgan fingerprint density at radius 1 is 0.800 bits per heavy atom. The van der Waals surface area contributed by atoms with Gasteiger partial charge < -0.3 is 9.47 Å². The second-order valence-corrected chi connectivity index (χ2v) is 5.33. The Bertz CT molecular complexity index is 489. The van der Waals surface area contributed by atoms with Crippen molar-refractivity contribution < 1.29 is 9.47 Å². The van der Waals surface area contributed by atoms with E-state index in [0.29, 0.717) is 19.1 Å². The highest BCUT2D eigenvalue weighted by Crippen LogP contribution is 2.15. The summed E-state index contributed by atoms with van der Waals surface area (Å²) in [6, 6.07) is 18.3. The molecule has 106 valence electrons. The molecule has 0 aliphatic heterocycles. The third kappa shape index (κ3) is 5.06. The first-order valence-electron chi connectivity index (χ1n) is 7.07. The van der Waals surface area contributed by atoms with Gasteiger partial charge in [-0.15, -0.1) is 0 Å². The molecule has 0 unspecified atom stereocenters. The molecule has 0 aromatic heterocycles. The lowest BCUT2D eigenvalue weighted by atomic mass is 10.2. The van der Waals surface area contributed by atoms with E-state index in [2.05, 4.69) is 38.1 Å². The third-order valence-electron chi connectivity index (χ3n) is 2.89. The zero-order valence-corrected chi connectivity index (χ0v) is 12.2. The molecule has 0 bridgehead atoms. The summed E-state index contributed by atoms with van der Waals surface area (Å²) in [6.45, 7) is 6.37. The Kier molecular flexibility index (Phi) is 5.63. The van der Waals surface area contributed by atoms with Crippen molar-refractivity contribution in [2.24, 2.45) is 5.92 Å². The van der Waals surface area contributed by atoms with Crippen LogP contribution in [0.3, 0.4) is 0 Å². The zero-order chi connectivity index (χ0) is 14.2. The van der Waals surface area contributed by atoms with Crippen molar-refractivity contribution in [1.29, 1.82) is 0 Å². The molecule has 0 fully saturated rings. The summed E-state index contributed by atoms with van der Waals surface area (Å²) in [4.78, 5) is 0. The fourth-order valence-electron chi connectivity index (χ4n) is 1.84. The van der Waals surface area contributed by atoms with Gasteiger partial charge in [0.25, 0.3) is 0 Å². The summed E-state index contributed by atoms with van der Waals surface area (Å²) in [5, 5.41) is 0. The summed E-state index contributed by atoms with van der Waals surface area (Å²) in [5.74, 6) is 1.46. The summed E-state index contributed by atoms with van der Waals surface area (Å²) >= 11 is 0. The SMILES string of the molecule is CC(C)COCc1ccc(OCc2ccccc2)cc1. The van der Waals surface area contributed by atoms with Gasteiger partial charge in [0, 0.05) is 6.61 Å². The van der Waals surface area contributed by atoms with Crippen LogP contribution in [0.25, 0.3) is 0 Å². The van der Waals surface area contributed by atoms with Crippen LogP contribution in [0.5, 0.6) is 5.75 Å². The lowest BCUT2D eigenvalue weighted by Crippen LogP contribution is -2.01. The normalized spacial score (nSPS) is 10.8. The van der Waals surface area contributed by atoms with E-state index in [4.69, 9.17) is 9.47 Å². The number of ether oxygens (including phenoxy) is 2. The maximum atomic E-state index is 5.75. The van der Waals surface area contributed by atoms with Crippen LogP contribution in [-0.2, 0) is 18.0 Å². The molecule has 0 N–H and O–H groups in total. The van der Waals surface area contributed by atoms with Crippen molar-refractivity contribution in [1.82, 2.24) is 0 Å². The van der Waals surface area contributed by atoms with Gasteiger partial charge in [0.2, 0.25) is 0 Å². The number of rotatable bonds is 7. The van der Waals surface area contributed by atoms with Gasteiger partial charge in [0.05, 0.1) is 6.61 Å². The van der Waals surface area contributed by atoms with Crippen molar-refractivity contribution in [3.05, 3.63) is 65.7 Å². The molecule has 0 heterocycles. The Morgan fingerprint density at radius 3 is 2.10 bits per heavy atom. The topological polar surface area (TPSA) is 18.5 Å². The van der Waals surface area contributed by atoms with Gasteiger partial charge in [-0.25, -0.2) is 0 Å². The molecule has 0 amide bonds. The molecular weight excluding hydrogens is 248 g/mol. The highest BCUT2D eigenvalue weighted by Gasteiger charge is 1.98. The van der Waals surface area contributed by atoms with E-state index in [0.717, 1.165) is 12.4 Å². The predicted octanol–water partition coefficient (Wildman–Crippen LogP) is 4.44. The maximum Gasteiger partial charge on any atom is 0.119 e. The van der Waals surface area contributed by atoms with Crippen molar-refractivity contribution in [3.8, 4) is 5.75 Å². The summed E-state index contributed by atoms with van der Waals surface area (Å²) in [5.41, 5.74) is 2.36. The number of hydrogen-bond acceptors (Lipinski definition) is 2. The van der Waals surface area contributed by atoms with Gasteiger partial charge >= 0.3 is 0 Å². The average Bonchev–Trinajstić information content (AvgIpc) is 2.47. The van der Waals surface area contributed by atoms with Crippen molar-refractivity contribution in [3.63, 3.8) is 0 Å². The molecule has 0 radical (unpaired) electrons. The Balaban J connectivity index is 1.79. The molecular formula is C18H22O2. The van der Waals surface area contributed by atoms with E-state index in [1.54, 1.807) is 0 Å². The molecule has 0 saturated heterocycles. The minimum Gasteiger partial charge on any atom is -0.489 e. The molecule has 0 atom stereocenters. The molecule has 2 aromatic rings. The summed E-state index contributed by atoms with van der Waals surface area (Å²) in [6.07, 6.45) is 0. The van der Waals surface area contributed by atoms with E-state index in [-0.39, 0.29) is 0 Å². The lowest BCUT2D eigenvalue weighted by Gasteiger charge is -2.09. The van der Waals surface area contributed by atoms with Crippen molar-refractivity contribution >= 4 is 0 Å². The molecule has 20 heavy (non-hydrogen) atoms. The first-order chi connectivity index (χ1) is 9.74. The largest absolute Gasteiger partial charge is 0.489 e. The summed E-state index contributed by atoms with van der Waals surface area (Å²) in [7, 11) is 0.